The standard InChI is InChI=1S/C14H31NO/c1-5-8-9-10-11-13(4)16-12-14(6-2)15-7-3/h13-15H,5-12H2,1-4H3. The van der Waals surface area contributed by atoms with Crippen LogP contribution in [0.2, 0.25) is 0 Å². The summed E-state index contributed by atoms with van der Waals surface area (Å²) in [4.78, 5) is 0. The van der Waals surface area contributed by atoms with E-state index in [9.17, 15) is 0 Å². The molecule has 2 atom stereocenters. The molecular formula is C14H31NO. The van der Waals surface area contributed by atoms with Crippen molar-refractivity contribution < 1.29 is 4.74 Å². The second kappa shape index (κ2) is 11.4. The molecule has 2 nitrogen and oxygen atoms in total. The van der Waals surface area contributed by atoms with Crippen LogP contribution in [0, 0.1) is 0 Å². The van der Waals surface area contributed by atoms with Crippen LogP contribution in [-0.2, 0) is 4.74 Å². The van der Waals surface area contributed by atoms with E-state index in [0.29, 0.717) is 12.1 Å². The zero-order valence-electron chi connectivity index (χ0n) is 11.7. The van der Waals surface area contributed by atoms with Gasteiger partial charge in [0.2, 0.25) is 0 Å². The fourth-order valence-corrected chi connectivity index (χ4v) is 1.83. The van der Waals surface area contributed by atoms with Crippen molar-refractivity contribution in [2.24, 2.45) is 0 Å². The van der Waals surface area contributed by atoms with Gasteiger partial charge in [0.1, 0.15) is 0 Å². The first-order chi connectivity index (χ1) is 7.74. The van der Waals surface area contributed by atoms with Crippen molar-refractivity contribution in [1.82, 2.24) is 5.32 Å². The lowest BCUT2D eigenvalue weighted by molar-refractivity contribution is 0.0427. The highest BCUT2D eigenvalue weighted by Gasteiger charge is 2.07. The molecule has 0 heterocycles. The van der Waals surface area contributed by atoms with Gasteiger partial charge in [-0.1, -0.05) is 46.5 Å². The van der Waals surface area contributed by atoms with Crippen LogP contribution >= 0.6 is 0 Å². The van der Waals surface area contributed by atoms with Crippen LogP contribution in [0.15, 0.2) is 0 Å². The molecule has 0 spiro atoms. The lowest BCUT2D eigenvalue weighted by atomic mass is 10.1. The number of ether oxygens (including phenoxy) is 1. The molecular weight excluding hydrogens is 198 g/mol. The van der Waals surface area contributed by atoms with Gasteiger partial charge < -0.3 is 10.1 Å². The van der Waals surface area contributed by atoms with Crippen LogP contribution in [0.25, 0.3) is 0 Å². The Labute approximate surface area is 102 Å². The summed E-state index contributed by atoms with van der Waals surface area (Å²) in [6.45, 7) is 10.7. The normalized spacial score (nSPS) is 15.0. The van der Waals surface area contributed by atoms with Crippen molar-refractivity contribution in [3.63, 3.8) is 0 Å². The first-order valence-corrected chi connectivity index (χ1v) is 7.09. The maximum absolute atomic E-state index is 5.87. The van der Waals surface area contributed by atoms with Crippen molar-refractivity contribution in [1.29, 1.82) is 0 Å². The molecule has 0 fully saturated rings. The number of hydrogen-bond acceptors (Lipinski definition) is 2. The molecule has 98 valence electrons. The second-order valence-electron chi connectivity index (χ2n) is 4.66. The van der Waals surface area contributed by atoms with Crippen LogP contribution < -0.4 is 5.32 Å². The maximum atomic E-state index is 5.87. The van der Waals surface area contributed by atoms with Crippen molar-refractivity contribution in [3.8, 4) is 0 Å². The van der Waals surface area contributed by atoms with Gasteiger partial charge in [0.25, 0.3) is 0 Å². The van der Waals surface area contributed by atoms with Gasteiger partial charge in [-0.15, -0.1) is 0 Å². The average Bonchev–Trinajstić information content (AvgIpc) is 2.30. The van der Waals surface area contributed by atoms with Crippen LogP contribution in [-0.4, -0.2) is 25.3 Å². The third-order valence-corrected chi connectivity index (χ3v) is 3.03. The van der Waals surface area contributed by atoms with Crippen LogP contribution in [0.1, 0.15) is 66.2 Å². The molecule has 0 amide bonds. The van der Waals surface area contributed by atoms with E-state index in [0.717, 1.165) is 19.6 Å². The van der Waals surface area contributed by atoms with Crippen molar-refractivity contribution >= 4 is 0 Å². The Bertz CT molecular complexity index is 139. The molecule has 0 bridgehead atoms. The summed E-state index contributed by atoms with van der Waals surface area (Å²) >= 11 is 0. The van der Waals surface area contributed by atoms with E-state index in [-0.39, 0.29) is 0 Å². The highest BCUT2D eigenvalue weighted by atomic mass is 16.5. The van der Waals surface area contributed by atoms with Crippen LogP contribution in [0.3, 0.4) is 0 Å². The summed E-state index contributed by atoms with van der Waals surface area (Å²) in [7, 11) is 0. The Morgan fingerprint density at radius 1 is 1.06 bits per heavy atom. The molecule has 16 heavy (non-hydrogen) atoms. The Hall–Kier alpha value is -0.0800. The zero-order chi connectivity index (χ0) is 12.2. The quantitative estimate of drug-likeness (QED) is 0.545. The number of rotatable bonds is 11. The summed E-state index contributed by atoms with van der Waals surface area (Å²) in [5.41, 5.74) is 0. The Kier molecular flexibility index (Phi) is 11.3. The van der Waals surface area contributed by atoms with Gasteiger partial charge in [-0.05, 0) is 26.3 Å². The van der Waals surface area contributed by atoms with E-state index in [1.165, 1.54) is 32.1 Å². The highest BCUT2D eigenvalue weighted by Crippen LogP contribution is 2.08. The summed E-state index contributed by atoms with van der Waals surface area (Å²) in [6.07, 6.45) is 8.13. The molecule has 0 aromatic rings. The van der Waals surface area contributed by atoms with Crippen molar-refractivity contribution in [2.45, 2.75) is 78.4 Å². The molecule has 0 aliphatic carbocycles. The summed E-state index contributed by atoms with van der Waals surface area (Å²) in [5.74, 6) is 0. The van der Waals surface area contributed by atoms with Gasteiger partial charge in [-0.3, -0.25) is 0 Å². The van der Waals surface area contributed by atoms with Gasteiger partial charge in [0.05, 0.1) is 12.7 Å². The molecule has 0 saturated heterocycles. The number of likely N-dealkylation sites (N-methyl/N-ethyl adjacent to an activating group) is 1. The van der Waals surface area contributed by atoms with E-state index in [2.05, 4.69) is 33.0 Å². The lowest BCUT2D eigenvalue weighted by Crippen LogP contribution is -2.33. The van der Waals surface area contributed by atoms with Gasteiger partial charge in [0, 0.05) is 6.04 Å². The van der Waals surface area contributed by atoms with Crippen LogP contribution in [0.5, 0.6) is 0 Å². The summed E-state index contributed by atoms with van der Waals surface area (Å²) < 4.78 is 5.87. The van der Waals surface area contributed by atoms with E-state index in [1.54, 1.807) is 0 Å². The fraction of sp³-hybridized carbons (Fsp3) is 1.00. The Morgan fingerprint density at radius 2 is 1.81 bits per heavy atom. The highest BCUT2D eigenvalue weighted by molar-refractivity contribution is 4.63. The minimum absolute atomic E-state index is 0.421. The summed E-state index contributed by atoms with van der Waals surface area (Å²) in [6, 6.07) is 0.531. The van der Waals surface area contributed by atoms with E-state index in [1.807, 2.05) is 0 Å². The van der Waals surface area contributed by atoms with Gasteiger partial charge in [-0.2, -0.15) is 0 Å². The van der Waals surface area contributed by atoms with Gasteiger partial charge in [0.15, 0.2) is 0 Å². The smallest absolute Gasteiger partial charge is 0.0623 e. The Morgan fingerprint density at radius 3 is 2.38 bits per heavy atom. The molecule has 0 rings (SSSR count). The van der Waals surface area contributed by atoms with Gasteiger partial charge >= 0.3 is 0 Å². The molecule has 0 saturated carbocycles. The average molecular weight is 229 g/mol. The van der Waals surface area contributed by atoms with Crippen molar-refractivity contribution in [2.75, 3.05) is 13.2 Å². The molecule has 0 aromatic carbocycles. The molecule has 0 aliphatic heterocycles. The van der Waals surface area contributed by atoms with Gasteiger partial charge in [-0.25, -0.2) is 0 Å². The van der Waals surface area contributed by atoms with E-state index < -0.39 is 0 Å². The molecule has 1 N–H and O–H groups in total. The SMILES string of the molecule is CCCCCCC(C)OCC(CC)NCC. The minimum Gasteiger partial charge on any atom is -0.377 e. The predicted octanol–water partition coefficient (Wildman–Crippen LogP) is 3.75. The largest absolute Gasteiger partial charge is 0.377 e. The third-order valence-electron chi connectivity index (χ3n) is 3.03. The molecule has 0 radical (unpaired) electrons. The first kappa shape index (κ1) is 15.9. The fourth-order valence-electron chi connectivity index (χ4n) is 1.83. The third kappa shape index (κ3) is 9.17. The molecule has 0 aliphatic rings. The molecule has 2 heteroatoms. The Balaban J connectivity index is 3.43. The number of unbranched alkanes of at least 4 members (excludes halogenated alkanes) is 3. The van der Waals surface area contributed by atoms with Crippen molar-refractivity contribution in [3.05, 3.63) is 0 Å². The zero-order valence-corrected chi connectivity index (χ0v) is 11.7. The first-order valence-electron chi connectivity index (χ1n) is 7.09. The number of hydrogen-bond donors (Lipinski definition) is 1. The molecule has 0 aromatic heterocycles. The van der Waals surface area contributed by atoms with Crippen LogP contribution in [0.4, 0.5) is 0 Å². The van der Waals surface area contributed by atoms with E-state index in [4.69, 9.17) is 4.74 Å². The van der Waals surface area contributed by atoms with E-state index >= 15 is 0 Å². The maximum Gasteiger partial charge on any atom is 0.0623 e. The lowest BCUT2D eigenvalue weighted by Gasteiger charge is -2.19. The second-order valence-corrected chi connectivity index (χ2v) is 4.66. The minimum atomic E-state index is 0.421. The number of nitrogens with one attached hydrogen (secondary N) is 1. The predicted molar refractivity (Wildman–Crippen MR) is 71.9 cm³/mol. The monoisotopic (exact) mass is 229 g/mol. The summed E-state index contributed by atoms with van der Waals surface area (Å²) in [5, 5.41) is 3.44. The molecule has 2 unspecified atom stereocenters. The topological polar surface area (TPSA) is 21.3 Å².